The van der Waals surface area contributed by atoms with Gasteiger partial charge in [-0.05, 0) is 32.1 Å². The predicted octanol–water partition coefficient (Wildman–Crippen LogP) is 3.51. The molecule has 1 aliphatic rings. The van der Waals surface area contributed by atoms with Crippen LogP contribution < -0.4 is 5.32 Å². The van der Waals surface area contributed by atoms with Crippen LogP contribution in [-0.2, 0) is 19.3 Å². The first-order chi connectivity index (χ1) is 9.83. The lowest BCUT2D eigenvalue weighted by Crippen LogP contribution is -2.05. The highest BCUT2D eigenvalue weighted by atomic mass is 35.5. The molecule has 20 heavy (non-hydrogen) atoms. The van der Waals surface area contributed by atoms with Crippen LogP contribution in [0.2, 0.25) is 5.02 Å². The van der Waals surface area contributed by atoms with Gasteiger partial charge in [0.1, 0.15) is 17.2 Å². The number of aromatic nitrogens is 3. The molecular weight excluding hydrogens is 292 g/mol. The van der Waals surface area contributed by atoms with E-state index < -0.39 is 0 Å². The number of rotatable bonds is 5. The third kappa shape index (κ3) is 3.27. The smallest absolute Gasteiger partial charge is 0.148 e. The highest BCUT2D eigenvalue weighted by Gasteiger charge is 2.14. The molecule has 0 spiro atoms. The lowest BCUT2D eigenvalue weighted by atomic mass is 10.0. The second kappa shape index (κ2) is 6.50. The molecule has 2 aromatic rings. The van der Waals surface area contributed by atoms with Gasteiger partial charge in [0, 0.05) is 17.8 Å². The van der Waals surface area contributed by atoms with Crippen LogP contribution in [0.4, 0.5) is 5.82 Å². The topological polar surface area (TPSA) is 50.7 Å². The largest absolute Gasteiger partial charge is 0.369 e. The van der Waals surface area contributed by atoms with Gasteiger partial charge in [0.25, 0.3) is 0 Å². The van der Waals surface area contributed by atoms with Gasteiger partial charge in [-0.2, -0.15) is 0 Å². The first-order valence-electron chi connectivity index (χ1n) is 7.00. The van der Waals surface area contributed by atoms with E-state index in [0.717, 1.165) is 19.4 Å². The monoisotopic (exact) mass is 308 g/mol. The molecule has 0 saturated heterocycles. The highest BCUT2D eigenvalue weighted by Crippen LogP contribution is 2.27. The van der Waals surface area contributed by atoms with Gasteiger partial charge in [-0.1, -0.05) is 11.6 Å². The summed E-state index contributed by atoms with van der Waals surface area (Å²) in [7, 11) is 0. The van der Waals surface area contributed by atoms with Gasteiger partial charge in [0.15, 0.2) is 0 Å². The molecule has 1 aliphatic carbocycles. The average molecular weight is 309 g/mol. The van der Waals surface area contributed by atoms with E-state index in [-0.39, 0.29) is 0 Å². The first kappa shape index (κ1) is 13.8. The summed E-state index contributed by atoms with van der Waals surface area (Å²) in [6.07, 6.45) is 10.2. The van der Waals surface area contributed by atoms with E-state index in [9.17, 15) is 0 Å². The van der Waals surface area contributed by atoms with Gasteiger partial charge in [0.05, 0.1) is 16.9 Å². The fourth-order valence-corrected chi connectivity index (χ4v) is 3.77. The van der Waals surface area contributed by atoms with Crippen LogP contribution >= 0.6 is 22.9 Å². The molecule has 1 N–H and O–H groups in total. The van der Waals surface area contributed by atoms with Crippen molar-refractivity contribution in [2.24, 2.45) is 0 Å². The van der Waals surface area contributed by atoms with Crippen molar-refractivity contribution in [2.45, 2.75) is 38.5 Å². The molecule has 3 rings (SSSR count). The van der Waals surface area contributed by atoms with Gasteiger partial charge >= 0.3 is 0 Å². The summed E-state index contributed by atoms with van der Waals surface area (Å²) in [5, 5.41) is 5.08. The second-order valence-electron chi connectivity index (χ2n) is 4.93. The van der Waals surface area contributed by atoms with E-state index in [0.29, 0.717) is 10.8 Å². The number of hydrogen-bond donors (Lipinski definition) is 1. The minimum atomic E-state index is 0.567. The second-order valence-corrected chi connectivity index (χ2v) is 6.51. The van der Waals surface area contributed by atoms with E-state index in [4.69, 9.17) is 16.6 Å². The number of anilines is 1. The van der Waals surface area contributed by atoms with E-state index >= 15 is 0 Å². The van der Waals surface area contributed by atoms with Crippen molar-refractivity contribution in [2.75, 3.05) is 11.9 Å². The van der Waals surface area contributed by atoms with Gasteiger partial charge in [-0.3, -0.25) is 0 Å². The Labute approximate surface area is 127 Å². The standard InChI is InChI=1S/C14H17ClN4S/c15-10-8-16-9-18-14(10)17-7-3-6-13-19-11-4-1-2-5-12(11)20-13/h8-9H,1-7H2,(H,16,17,18). The summed E-state index contributed by atoms with van der Waals surface area (Å²) < 4.78 is 0. The van der Waals surface area contributed by atoms with Crippen molar-refractivity contribution in [3.05, 3.63) is 33.1 Å². The number of aryl methyl sites for hydroxylation is 3. The molecule has 0 bridgehead atoms. The normalized spacial score (nSPS) is 14.1. The highest BCUT2D eigenvalue weighted by molar-refractivity contribution is 7.11. The minimum Gasteiger partial charge on any atom is -0.369 e. The molecule has 4 nitrogen and oxygen atoms in total. The van der Waals surface area contributed by atoms with Crippen molar-refractivity contribution in [3.8, 4) is 0 Å². The molecule has 0 fully saturated rings. The summed E-state index contributed by atoms with van der Waals surface area (Å²) in [5.41, 5.74) is 1.35. The Kier molecular flexibility index (Phi) is 4.47. The maximum atomic E-state index is 5.99. The fourth-order valence-electron chi connectivity index (χ4n) is 2.40. The SMILES string of the molecule is Clc1cncnc1NCCCc1nc2c(s1)CCCC2. The van der Waals surface area contributed by atoms with Gasteiger partial charge in [0.2, 0.25) is 0 Å². The minimum absolute atomic E-state index is 0.567. The summed E-state index contributed by atoms with van der Waals surface area (Å²) in [5.74, 6) is 0.708. The van der Waals surface area contributed by atoms with Crippen molar-refractivity contribution >= 4 is 28.8 Å². The zero-order chi connectivity index (χ0) is 13.8. The Morgan fingerprint density at radius 1 is 1.30 bits per heavy atom. The summed E-state index contributed by atoms with van der Waals surface area (Å²) in [6.45, 7) is 0.848. The van der Waals surface area contributed by atoms with E-state index in [1.807, 2.05) is 11.3 Å². The zero-order valence-electron chi connectivity index (χ0n) is 11.2. The maximum absolute atomic E-state index is 5.99. The Hall–Kier alpha value is -1.20. The zero-order valence-corrected chi connectivity index (χ0v) is 12.8. The van der Waals surface area contributed by atoms with Crippen LogP contribution in [0.25, 0.3) is 0 Å². The lowest BCUT2D eigenvalue weighted by Gasteiger charge is -2.06. The number of halogens is 1. The molecule has 0 aliphatic heterocycles. The average Bonchev–Trinajstić information content (AvgIpc) is 2.88. The fraction of sp³-hybridized carbons (Fsp3) is 0.500. The van der Waals surface area contributed by atoms with Gasteiger partial charge in [-0.15, -0.1) is 11.3 Å². The number of thiazole rings is 1. The molecule has 2 aromatic heterocycles. The first-order valence-corrected chi connectivity index (χ1v) is 8.19. The molecule has 106 valence electrons. The van der Waals surface area contributed by atoms with Crippen LogP contribution in [-0.4, -0.2) is 21.5 Å². The number of fused-ring (bicyclic) bond motifs is 1. The molecule has 0 aromatic carbocycles. The number of nitrogens with one attached hydrogen (secondary N) is 1. The van der Waals surface area contributed by atoms with Gasteiger partial charge < -0.3 is 5.32 Å². The van der Waals surface area contributed by atoms with Gasteiger partial charge in [-0.25, -0.2) is 15.0 Å². The Morgan fingerprint density at radius 3 is 3.05 bits per heavy atom. The molecule has 0 unspecified atom stereocenters. The van der Waals surface area contributed by atoms with E-state index in [1.54, 1.807) is 6.20 Å². The van der Waals surface area contributed by atoms with Crippen LogP contribution in [0.1, 0.15) is 34.8 Å². The summed E-state index contributed by atoms with van der Waals surface area (Å²) >= 11 is 7.89. The molecule has 0 amide bonds. The van der Waals surface area contributed by atoms with E-state index in [1.165, 1.54) is 47.6 Å². The van der Waals surface area contributed by atoms with Crippen molar-refractivity contribution in [1.29, 1.82) is 0 Å². The predicted molar refractivity (Wildman–Crippen MR) is 82.6 cm³/mol. The molecule has 2 heterocycles. The Morgan fingerprint density at radius 2 is 2.20 bits per heavy atom. The van der Waals surface area contributed by atoms with Crippen LogP contribution in [0.5, 0.6) is 0 Å². The van der Waals surface area contributed by atoms with Crippen molar-refractivity contribution in [1.82, 2.24) is 15.0 Å². The maximum Gasteiger partial charge on any atom is 0.148 e. The van der Waals surface area contributed by atoms with Crippen LogP contribution in [0.15, 0.2) is 12.5 Å². The lowest BCUT2D eigenvalue weighted by molar-refractivity contribution is 0.679. The Balaban J connectivity index is 1.48. The van der Waals surface area contributed by atoms with Crippen LogP contribution in [0.3, 0.4) is 0 Å². The number of nitrogens with zero attached hydrogens (tertiary/aromatic N) is 3. The summed E-state index contributed by atoms with van der Waals surface area (Å²) in [6, 6.07) is 0. The quantitative estimate of drug-likeness (QED) is 0.859. The van der Waals surface area contributed by atoms with Crippen molar-refractivity contribution in [3.63, 3.8) is 0 Å². The summed E-state index contributed by atoms with van der Waals surface area (Å²) in [4.78, 5) is 14.2. The Bertz CT molecular complexity index is 561. The molecule has 0 saturated carbocycles. The van der Waals surface area contributed by atoms with Crippen LogP contribution in [0, 0.1) is 0 Å². The number of hydrogen-bond acceptors (Lipinski definition) is 5. The third-order valence-corrected chi connectivity index (χ3v) is 4.91. The third-order valence-electron chi connectivity index (χ3n) is 3.42. The molecule has 0 atom stereocenters. The van der Waals surface area contributed by atoms with Crippen molar-refractivity contribution < 1.29 is 0 Å². The van der Waals surface area contributed by atoms with E-state index in [2.05, 4.69) is 15.3 Å². The molecular formula is C14H17ClN4S. The molecule has 0 radical (unpaired) electrons. The molecule has 6 heteroatoms.